The molecule has 0 aromatic heterocycles. The quantitative estimate of drug-likeness (QED) is 0.370. The maximum Gasteiger partial charge on any atom is 0.422 e. The molecule has 2 atom stereocenters. The molecule has 0 radical (unpaired) electrons. The van der Waals surface area contributed by atoms with Crippen molar-refractivity contribution >= 4 is 11.7 Å². The molecular formula is C20H20N2O2. The smallest absolute Gasteiger partial charge is 0.422 e. The van der Waals surface area contributed by atoms with E-state index in [9.17, 15) is 10.3 Å². The van der Waals surface area contributed by atoms with Crippen LogP contribution < -0.4 is 0 Å². The molecule has 0 saturated heterocycles. The Morgan fingerprint density at radius 2 is 1.58 bits per heavy atom. The van der Waals surface area contributed by atoms with Gasteiger partial charge in [0, 0.05) is 5.92 Å². The van der Waals surface area contributed by atoms with Crippen molar-refractivity contribution in [2.24, 2.45) is 0 Å². The lowest BCUT2D eigenvalue weighted by atomic mass is 9.81. The van der Waals surface area contributed by atoms with Gasteiger partial charge in [-0.2, -0.15) is 4.79 Å². The normalized spacial score (nSPS) is 20.0. The van der Waals surface area contributed by atoms with Crippen LogP contribution in [0.4, 0.5) is 0 Å². The molecule has 2 aromatic rings. The third-order valence-corrected chi connectivity index (χ3v) is 4.53. The van der Waals surface area contributed by atoms with Crippen LogP contribution in [0.15, 0.2) is 60.7 Å². The Morgan fingerprint density at radius 3 is 2.25 bits per heavy atom. The third-order valence-electron chi connectivity index (χ3n) is 4.53. The maximum absolute atomic E-state index is 12.5. The second-order valence-corrected chi connectivity index (χ2v) is 6.06. The fourth-order valence-corrected chi connectivity index (χ4v) is 3.33. The van der Waals surface area contributed by atoms with E-state index in [2.05, 4.69) is 16.9 Å². The van der Waals surface area contributed by atoms with Gasteiger partial charge in [0.25, 0.3) is 0 Å². The van der Waals surface area contributed by atoms with Gasteiger partial charge in [-0.1, -0.05) is 55.0 Å². The van der Waals surface area contributed by atoms with Gasteiger partial charge in [-0.25, -0.2) is 4.79 Å². The van der Waals surface area contributed by atoms with Gasteiger partial charge in [-0.3, -0.25) is 0 Å². The van der Waals surface area contributed by atoms with Crippen molar-refractivity contribution in [2.45, 2.75) is 37.7 Å². The molecule has 0 heterocycles. The lowest BCUT2D eigenvalue weighted by Crippen LogP contribution is -2.32. The number of benzene rings is 2. The molecule has 0 aliphatic heterocycles. The second-order valence-electron chi connectivity index (χ2n) is 6.06. The zero-order valence-corrected chi connectivity index (χ0v) is 13.5. The first-order valence-corrected chi connectivity index (χ1v) is 8.33. The summed E-state index contributed by atoms with van der Waals surface area (Å²) in [5, 5.41) is 0. The second kappa shape index (κ2) is 7.71. The molecular weight excluding hydrogens is 300 g/mol. The van der Waals surface area contributed by atoms with E-state index in [0.29, 0.717) is 5.56 Å². The van der Waals surface area contributed by atoms with Crippen molar-refractivity contribution in [1.29, 1.82) is 0 Å². The standard InChI is InChI=1S/C20H20N2O2/c21-22-19(16-11-5-2-6-12-16)20(23)24-18-14-8-7-13-17(18)15-9-3-1-4-10-15/h1-6,9-12,17-18H,7-8,13-14H2/t17-,18+/m0/s1. The van der Waals surface area contributed by atoms with Gasteiger partial charge in [0.05, 0.1) is 5.56 Å². The Labute approximate surface area is 141 Å². The van der Waals surface area contributed by atoms with Gasteiger partial charge in [0.1, 0.15) is 6.10 Å². The van der Waals surface area contributed by atoms with Crippen LogP contribution in [0.1, 0.15) is 42.7 Å². The van der Waals surface area contributed by atoms with Crippen molar-refractivity contribution in [3.63, 3.8) is 0 Å². The summed E-state index contributed by atoms with van der Waals surface area (Å²) >= 11 is 0. The first kappa shape index (κ1) is 16.2. The average Bonchev–Trinajstić information content (AvgIpc) is 2.64. The van der Waals surface area contributed by atoms with Crippen LogP contribution in [0.5, 0.6) is 0 Å². The lowest BCUT2D eigenvalue weighted by molar-refractivity contribution is -0.147. The topological polar surface area (TPSA) is 62.7 Å². The first-order valence-electron chi connectivity index (χ1n) is 8.33. The van der Waals surface area contributed by atoms with Crippen LogP contribution in [0.2, 0.25) is 0 Å². The summed E-state index contributed by atoms with van der Waals surface area (Å²) < 4.78 is 5.74. The molecule has 0 amide bonds. The van der Waals surface area contributed by atoms with E-state index in [0.717, 1.165) is 25.7 Å². The molecule has 4 nitrogen and oxygen atoms in total. The fourth-order valence-electron chi connectivity index (χ4n) is 3.33. The highest BCUT2D eigenvalue weighted by molar-refractivity contribution is 6.40. The van der Waals surface area contributed by atoms with E-state index in [1.165, 1.54) is 5.56 Å². The zero-order valence-electron chi connectivity index (χ0n) is 13.5. The lowest BCUT2D eigenvalue weighted by Gasteiger charge is -2.31. The van der Waals surface area contributed by atoms with Crippen molar-refractivity contribution in [3.8, 4) is 0 Å². The maximum atomic E-state index is 12.5. The molecule has 122 valence electrons. The summed E-state index contributed by atoms with van der Waals surface area (Å²) in [6.07, 6.45) is 3.82. The zero-order chi connectivity index (χ0) is 16.8. The molecule has 0 spiro atoms. The molecule has 1 aliphatic carbocycles. The minimum atomic E-state index is -0.573. The molecule has 0 bridgehead atoms. The number of ether oxygens (including phenoxy) is 1. The number of rotatable bonds is 4. The molecule has 3 rings (SSSR count). The van der Waals surface area contributed by atoms with Crippen LogP contribution in [0.3, 0.4) is 0 Å². The summed E-state index contributed by atoms with van der Waals surface area (Å²) in [6.45, 7) is 0. The number of esters is 1. The molecule has 0 N–H and O–H groups in total. The molecule has 2 aromatic carbocycles. The minimum Gasteiger partial charge on any atom is -0.453 e. The highest BCUT2D eigenvalue weighted by Gasteiger charge is 2.33. The van der Waals surface area contributed by atoms with E-state index in [1.54, 1.807) is 24.3 Å². The van der Waals surface area contributed by atoms with E-state index >= 15 is 0 Å². The van der Waals surface area contributed by atoms with E-state index in [1.807, 2.05) is 24.3 Å². The van der Waals surface area contributed by atoms with Gasteiger partial charge in [0.2, 0.25) is 0 Å². The summed E-state index contributed by atoms with van der Waals surface area (Å²) in [5.74, 6) is -0.379. The van der Waals surface area contributed by atoms with E-state index in [4.69, 9.17) is 4.74 Å². The third kappa shape index (κ3) is 3.61. The summed E-state index contributed by atoms with van der Waals surface area (Å²) in [6, 6.07) is 19.0. The Bertz CT molecular complexity index is 737. The molecule has 4 heteroatoms. The SMILES string of the molecule is [N-]=[N+]=C(C(=O)O[C@@H]1CCCC[C@H]1c1ccccc1)c1ccccc1. The molecule has 1 fully saturated rings. The molecule has 1 saturated carbocycles. The van der Waals surface area contributed by atoms with Crippen molar-refractivity contribution in [3.05, 3.63) is 77.3 Å². The van der Waals surface area contributed by atoms with Gasteiger partial charge >= 0.3 is 11.7 Å². The van der Waals surface area contributed by atoms with Gasteiger partial charge in [-0.15, -0.1) is 0 Å². The predicted molar refractivity (Wildman–Crippen MR) is 91.7 cm³/mol. The van der Waals surface area contributed by atoms with Gasteiger partial charge in [-0.05, 0) is 37.0 Å². The van der Waals surface area contributed by atoms with Gasteiger partial charge in [0.15, 0.2) is 0 Å². The Morgan fingerprint density at radius 1 is 0.958 bits per heavy atom. The largest absolute Gasteiger partial charge is 0.453 e. The van der Waals surface area contributed by atoms with Crippen LogP contribution in [0.25, 0.3) is 5.53 Å². The van der Waals surface area contributed by atoms with Crippen LogP contribution in [-0.4, -0.2) is 22.6 Å². The van der Waals surface area contributed by atoms with E-state index < -0.39 is 5.97 Å². The van der Waals surface area contributed by atoms with Gasteiger partial charge < -0.3 is 10.3 Å². The summed E-state index contributed by atoms with van der Waals surface area (Å²) in [7, 11) is 0. The van der Waals surface area contributed by atoms with Crippen LogP contribution in [0, 0.1) is 0 Å². The van der Waals surface area contributed by atoms with Crippen molar-refractivity contribution < 1.29 is 14.3 Å². The number of carbonyl (C=O) groups is 1. The fraction of sp³-hybridized carbons (Fsp3) is 0.300. The Balaban J connectivity index is 1.78. The first-order chi connectivity index (χ1) is 11.8. The summed E-state index contributed by atoms with van der Waals surface area (Å²) in [5.41, 5.74) is 10.9. The average molecular weight is 320 g/mol. The Hall–Kier alpha value is -2.71. The predicted octanol–water partition coefficient (Wildman–Crippen LogP) is 3.98. The number of carbonyl (C=O) groups excluding carboxylic acids is 1. The van der Waals surface area contributed by atoms with Crippen molar-refractivity contribution in [1.82, 2.24) is 0 Å². The molecule has 1 aliphatic rings. The molecule has 0 unspecified atom stereocenters. The van der Waals surface area contributed by atoms with E-state index in [-0.39, 0.29) is 17.7 Å². The monoisotopic (exact) mass is 320 g/mol. The summed E-state index contributed by atoms with van der Waals surface area (Å²) in [4.78, 5) is 15.7. The number of hydrogen-bond donors (Lipinski definition) is 0. The molecule has 24 heavy (non-hydrogen) atoms. The van der Waals surface area contributed by atoms with Crippen molar-refractivity contribution in [2.75, 3.05) is 0 Å². The van der Waals surface area contributed by atoms with Crippen LogP contribution in [-0.2, 0) is 9.53 Å². The highest BCUT2D eigenvalue weighted by Crippen LogP contribution is 2.35. The number of nitrogens with zero attached hydrogens (tertiary/aromatic N) is 2. The minimum absolute atomic E-state index is 0.0482. The van der Waals surface area contributed by atoms with Crippen LogP contribution >= 0.6 is 0 Å². The highest BCUT2D eigenvalue weighted by atomic mass is 16.5. The Kier molecular flexibility index (Phi) is 5.19. The number of hydrogen-bond acceptors (Lipinski definition) is 2.